The molecule has 0 saturated carbocycles. The SMILES string of the molecule is CCCCc1ccc(N2C(=O)/C(=C/c3cc(C)n(-c4ccc(C(=O)[O-])cc4)c3C)C(=O)NC2=S)cc1. The number of hydrogen-bond donors (Lipinski definition) is 1. The first-order valence-electron chi connectivity index (χ1n) is 11.7. The molecule has 7 nitrogen and oxygen atoms in total. The Bertz CT molecular complexity index is 1390. The Hall–Kier alpha value is -4.04. The Morgan fingerprint density at radius 3 is 2.28 bits per heavy atom. The van der Waals surface area contributed by atoms with Gasteiger partial charge in [0.15, 0.2) is 5.11 Å². The molecule has 1 saturated heterocycles. The summed E-state index contributed by atoms with van der Waals surface area (Å²) in [5, 5.41) is 13.7. The van der Waals surface area contributed by atoms with E-state index >= 15 is 0 Å². The van der Waals surface area contributed by atoms with Crippen molar-refractivity contribution >= 4 is 46.9 Å². The van der Waals surface area contributed by atoms with Crippen molar-refractivity contribution in [2.75, 3.05) is 4.90 Å². The van der Waals surface area contributed by atoms with Crippen LogP contribution in [0.1, 0.15) is 52.6 Å². The highest BCUT2D eigenvalue weighted by Crippen LogP contribution is 2.26. The van der Waals surface area contributed by atoms with E-state index in [-0.39, 0.29) is 16.2 Å². The lowest BCUT2D eigenvalue weighted by atomic mass is 10.1. The molecule has 0 spiro atoms. The predicted molar refractivity (Wildman–Crippen MR) is 141 cm³/mol. The second-order valence-corrected chi connectivity index (χ2v) is 9.11. The summed E-state index contributed by atoms with van der Waals surface area (Å²) in [6, 6.07) is 15.8. The molecule has 2 heterocycles. The topological polar surface area (TPSA) is 94.5 Å². The molecule has 4 rings (SSSR count). The minimum Gasteiger partial charge on any atom is -0.545 e. The molecule has 36 heavy (non-hydrogen) atoms. The average molecular weight is 501 g/mol. The van der Waals surface area contributed by atoms with Gasteiger partial charge in [-0.25, -0.2) is 0 Å². The van der Waals surface area contributed by atoms with E-state index in [0.29, 0.717) is 11.3 Å². The van der Waals surface area contributed by atoms with Gasteiger partial charge in [0.2, 0.25) is 0 Å². The number of thiocarbonyl (C=S) groups is 1. The maximum absolute atomic E-state index is 13.4. The largest absolute Gasteiger partial charge is 0.545 e. The van der Waals surface area contributed by atoms with Crippen LogP contribution in [0.5, 0.6) is 0 Å². The number of benzene rings is 2. The van der Waals surface area contributed by atoms with Gasteiger partial charge in [0.05, 0.1) is 11.7 Å². The van der Waals surface area contributed by atoms with Crippen LogP contribution >= 0.6 is 12.2 Å². The van der Waals surface area contributed by atoms with Crippen molar-refractivity contribution in [1.29, 1.82) is 0 Å². The molecule has 1 aliphatic rings. The molecule has 3 aromatic rings. The summed E-state index contributed by atoms with van der Waals surface area (Å²) < 4.78 is 1.92. The van der Waals surface area contributed by atoms with Crippen LogP contribution in [0.15, 0.2) is 60.2 Å². The Morgan fingerprint density at radius 2 is 1.67 bits per heavy atom. The number of carboxylic acid groups (broad SMARTS) is 1. The number of aromatic carboxylic acids is 1. The zero-order valence-electron chi connectivity index (χ0n) is 20.3. The minimum atomic E-state index is -1.24. The van der Waals surface area contributed by atoms with Crippen molar-refractivity contribution in [3.8, 4) is 5.69 Å². The number of unbranched alkanes of at least 4 members (excludes halogenated alkanes) is 1. The zero-order chi connectivity index (χ0) is 26.0. The Morgan fingerprint density at radius 1 is 1.03 bits per heavy atom. The quantitative estimate of drug-likeness (QED) is 0.304. The molecule has 0 radical (unpaired) electrons. The van der Waals surface area contributed by atoms with Crippen molar-refractivity contribution in [3.05, 3.63) is 88.2 Å². The number of carbonyl (C=O) groups excluding carboxylic acids is 3. The molecule has 0 bridgehead atoms. The lowest BCUT2D eigenvalue weighted by molar-refractivity contribution is -0.255. The minimum absolute atomic E-state index is 0.0220. The monoisotopic (exact) mass is 500 g/mol. The Kier molecular flexibility index (Phi) is 7.17. The van der Waals surface area contributed by atoms with Gasteiger partial charge in [-0.05, 0) is 92.0 Å². The van der Waals surface area contributed by atoms with Crippen molar-refractivity contribution in [3.63, 3.8) is 0 Å². The first-order valence-corrected chi connectivity index (χ1v) is 12.1. The van der Waals surface area contributed by atoms with Gasteiger partial charge in [-0.3, -0.25) is 19.8 Å². The molecule has 2 aromatic carbocycles. The third kappa shape index (κ3) is 4.85. The van der Waals surface area contributed by atoms with Crippen LogP contribution in [-0.4, -0.2) is 27.5 Å². The maximum atomic E-state index is 13.4. The van der Waals surface area contributed by atoms with Crippen LogP contribution in [0.2, 0.25) is 0 Å². The van der Waals surface area contributed by atoms with E-state index in [1.165, 1.54) is 22.6 Å². The average Bonchev–Trinajstić information content (AvgIpc) is 3.13. The predicted octanol–water partition coefficient (Wildman–Crippen LogP) is 3.63. The molecule has 1 fully saturated rings. The number of aromatic nitrogens is 1. The standard InChI is InChI=1S/C28H27N3O4S/c1-4-5-6-19-7-11-23(12-8-19)31-26(33)24(25(32)29-28(31)36)16-21-15-17(2)30(18(21)3)22-13-9-20(10-14-22)27(34)35/h7-16H,4-6H2,1-3H3,(H,34,35)(H,29,32,36)/p-1/b24-16+. The number of rotatable bonds is 7. The van der Waals surface area contributed by atoms with Gasteiger partial charge in [0.25, 0.3) is 11.8 Å². The lowest BCUT2D eigenvalue weighted by Crippen LogP contribution is -2.54. The highest BCUT2D eigenvalue weighted by Gasteiger charge is 2.34. The van der Waals surface area contributed by atoms with Crippen LogP contribution in [0.25, 0.3) is 11.8 Å². The summed E-state index contributed by atoms with van der Waals surface area (Å²) in [4.78, 5) is 38.6. The summed E-state index contributed by atoms with van der Waals surface area (Å²) in [5.41, 5.74) is 4.93. The van der Waals surface area contributed by atoms with Gasteiger partial charge < -0.3 is 14.5 Å². The van der Waals surface area contributed by atoms with Gasteiger partial charge in [-0.1, -0.05) is 37.6 Å². The molecular weight excluding hydrogens is 474 g/mol. The molecule has 8 heteroatoms. The number of amides is 2. The summed E-state index contributed by atoms with van der Waals surface area (Å²) in [6.07, 6.45) is 4.71. The maximum Gasteiger partial charge on any atom is 0.270 e. The number of carbonyl (C=O) groups is 3. The molecule has 2 amide bonds. The number of hydrogen-bond acceptors (Lipinski definition) is 5. The van der Waals surface area contributed by atoms with Crippen LogP contribution in [0.3, 0.4) is 0 Å². The van der Waals surface area contributed by atoms with Crippen LogP contribution in [-0.2, 0) is 16.0 Å². The zero-order valence-corrected chi connectivity index (χ0v) is 21.1. The van der Waals surface area contributed by atoms with E-state index < -0.39 is 17.8 Å². The Balaban J connectivity index is 1.67. The van der Waals surface area contributed by atoms with Gasteiger partial charge in [-0.2, -0.15) is 0 Å². The highest BCUT2D eigenvalue weighted by atomic mass is 32.1. The number of carboxylic acids is 1. The molecular formula is C28H26N3O4S-. The van der Waals surface area contributed by atoms with Gasteiger partial charge in [-0.15, -0.1) is 0 Å². The van der Waals surface area contributed by atoms with E-state index in [0.717, 1.165) is 36.3 Å². The van der Waals surface area contributed by atoms with Gasteiger partial charge in [0, 0.05) is 17.1 Å². The van der Waals surface area contributed by atoms with Crippen molar-refractivity contribution in [2.24, 2.45) is 0 Å². The summed E-state index contributed by atoms with van der Waals surface area (Å²) in [6.45, 7) is 5.90. The highest BCUT2D eigenvalue weighted by molar-refractivity contribution is 7.80. The molecule has 1 N–H and O–H groups in total. The molecule has 0 unspecified atom stereocenters. The molecule has 1 aromatic heterocycles. The third-order valence-electron chi connectivity index (χ3n) is 6.25. The molecule has 0 aliphatic carbocycles. The second-order valence-electron chi connectivity index (χ2n) is 8.72. The smallest absolute Gasteiger partial charge is 0.270 e. The van der Waals surface area contributed by atoms with Crippen LogP contribution < -0.4 is 15.3 Å². The fourth-order valence-corrected chi connectivity index (χ4v) is 4.60. The number of anilines is 1. The van der Waals surface area contributed by atoms with E-state index in [1.54, 1.807) is 18.2 Å². The first kappa shape index (κ1) is 25.1. The summed E-state index contributed by atoms with van der Waals surface area (Å²) in [5.74, 6) is -2.29. The number of aryl methyl sites for hydroxylation is 2. The van der Waals surface area contributed by atoms with Crippen LogP contribution in [0.4, 0.5) is 5.69 Å². The third-order valence-corrected chi connectivity index (χ3v) is 6.53. The number of nitrogens with one attached hydrogen (secondary N) is 1. The molecule has 1 aliphatic heterocycles. The van der Waals surface area contributed by atoms with E-state index in [2.05, 4.69) is 12.2 Å². The van der Waals surface area contributed by atoms with Crippen molar-refractivity contribution in [1.82, 2.24) is 9.88 Å². The van der Waals surface area contributed by atoms with Crippen LogP contribution in [0, 0.1) is 13.8 Å². The Labute approximate surface area is 215 Å². The van der Waals surface area contributed by atoms with E-state index in [4.69, 9.17) is 12.2 Å². The van der Waals surface area contributed by atoms with Crippen molar-refractivity contribution in [2.45, 2.75) is 40.0 Å². The summed E-state index contributed by atoms with van der Waals surface area (Å²) in [7, 11) is 0. The second kappa shape index (κ2) is 10.3. The molecule has 184 valence electrons. The fraction of sp³-hybridized carbons (Fsp3) is 0.214. The first-order chi connectivity index (χ1) is 17.2. The normalized spacial score (nSPS) is 14.9. The fourth-order valence-electron chi connectivity index (χ4n) is 4.32. The van der Waals surface area contributed by atoms with Gasteiger partial charge in [0.1, 0.15) is 5.57 Å². The van der Waals surface area contributed by atoms with Gasteiger partial charge >= 0.3 is 0 Å². The number of nitrogens with zero attached hydrogens (tertiary/aromatic N) is 2. The lowest BCUT2D eigenvalue weighted by Gasteiger charge is -2.29. The molecule has 0 atom stereocenters. The van der Waals surface area contributed by atoms with E-state index in [9.17, 15) is 19.5 Å². The summed E-state index contributed by atoms with van der Waals surface area (Å²) >= 11 is 5.32. The van der Waals surface area contributed by atoms with Crippen molar-refractivity contribution < 1.29 is 19.5 Å². The van der Waals surface area contributed by atoms with E-state index in [1.807, 2.05) is 48.7 Å².